The van der Waals surface area contributed by atoms with Crippen molar-refractivity contribution in [3.8, 4) is 0 Å². The summed E-state index contributed by atoms with van der Waals surface area (Å²) < 4.78 is 0. The third-order valence-corrected chi connectivity index (χ3v) is 2.22. The Balaban J connectivity index is 2.76. The van der Waals surface area contributed by atoms with Gasteiger partial charge < -0.3 is 10.1 Å². The number of aryl methyl sites for hydroxylation is 2. The van der Waals surface area contributed by atoms with Gasteiger partial charge in [-0.05, 0) is 19.4 Å². The Morgan fingerprint density at radius 1 is 1.50 bits per heavy atom. The highest BCUT2D eigenvalue weighted by atomic mass is 16.4. The summed E-state index contributed by atoms with van der Waals surface area (Å²) in [5.74, 6) is -1.27. The summed E-state index contributed by atoms with van der Waals surface area (Å²) in [5.41, 5.74) is 3.39. The van der Waals surface area contributed by atoms with Crippen molar-refractivity contribution in [2.75, 3.05) is 0 Å². The Kier molecular flexibility index (Phi) is 1.73. The molecule has 14 heavy (non-hydrogen) atoms. The summed E-state index contributed by atoms with van der Waals surface area (Å²) in [6, 6.07) is 0. The van der Waals surface area contributed by atoms with Crippen molar-refractivity contribution in [3.05, 3.63) is 23.3 Å². The molecule has 2 heterocycles. The number of carboxylic acid groups (broad SMARTS) is 1. The fourth-order valence-electron chi connectivity index (χ4n) is 1.34. The molecule has 0 atom stereocenters. The highest BCUT2D eigenvalue weighted by Gasteiger charge is 2.11. The predicted octanol–water partition coefficient (Wildman–Crippen LogP) is 1.27. The monoisotopic (exact) mass is 191 g/mol. The zero-order chi connectivity index (χ0) is 10.3. The summed E-state index contributed by atoms with van der Waals surface area (Å²) in [6.45, 7) is 3.81. The van der Waals surface area contributed by atoms with Crippen LogP contribution < -0.4 is 0 Å². The van der Waals surface area contributed by atoms with Crippen molar-refractivity contribution in [2.45, 2.75) is 13.8 Å². The van der Waals surface area contributed by atoms with Crippen LogP contribution in [0.4, 0.5) is 0 Å². The van der Waals surface area contributed by atoms with Gasteiger partial charge in [-0.15, -0.1) is 0 Å². The first-order valence-corrected chi connectivity index (χ1v) is 4.15. The lowest BCUT2D eigenvalue weighted by Gasteiger charge is -1.93. The Bertz CT molecular complexity index is 516. The highest BCUT2D eigenvalue weighted by Crippen LogP contribution is 2.17. The number of hydrogen-bond donors (Lipinski definition) is 2. The van der Waals surface area contributed by atoms with E-state index in [1.165, 1.54) is 6.20 Å². The van der Waals surface area contributed by atoms with Crippen molar-refractivity contribution < 1.29 is 9.90 Å². The SMILES string of the molecule is Cc1[nH]c2cnc(C(=O)O)nc2c1C. The van der Waals surface area contributed by atoms with E-state index in [9.17, 15) is 4.79 Å². The highest BCUT2D eigenvalue weighted by molar-refractivity contribution is 5.87. The summed E-state index contributed by atoms with van der Waals surface area (Å²) in [5, 5.41) is 8.71. The third-order valence-electron chi connectivity index (χ3n) is 2.22. The zero-order valence-corrected chi connectivity index (χ0v) is 7.83. The van der Waals surface area contributed by atoms with Crippen LogP contribution in [0.25, 0.3) is 11.0 Å². The summed E-state index contributed by atoms with van der Waals surface area (Å²) in [4.78, 5) is 21.4. The van der Waals surface area contributed by atoms with Gasteiger partial charge >= 0.3 is 5.97 Å². The fourth-order valence-corrected chi connectivity index (χ4v) is 1.34. The minimum atomic E-state index is -1.11. The van der Waals surface area contributed by atoms with E-state index in [0.29, 0.717) is 5.52 Å². The Hall–Kier alpha value is -1.91. The summed E-state index contributed by atoms with van der Waals surface area (Å²) in [7, 11) is 0. The Morgan fingerprint density at radius 3 is 2.86 bits per heavy atom. The molecule has 0 saturated heterocycles. The minimum absolute atomic E-state index is 0.167. The first-order valence-electron chi connectivity index (χ1n) is 4.15. The first-order chi connectivity index (χ1) is 6.59. The molecule has 2 aromatic heterocycles. The molecule has 2 N–H and O–H groups in total. The Morgan fingerprint density at radius 2 is 2.21 bits per heavy atom. The molecule has 0 spiro atoms. The van der Waals surface area contributed by atoms with Crippen molar-refractivity contribution >= 4 is 17.0 Å². The van der Waals surface area contributed by atoms with Gasteiger partial charge in [0, 0.05) is 5.69 Å². The van der Waals surface area contributed by atoms with E-state index in [2.05, 4.69) is 15.0 Å². The van der Waals surface area contributed by atoms with Gasteiger partial charge in [-0.1, -0.05) is 0 Å². The predicted molar refractivity (Wildman–Crippen MR) is 50.3 cm³/mol. The van der Waals surface area contributed by atoms with Crippen molar-refractivity contribution in [1.82, 2.24) is 15.0 Å². The average Bonchev–Trinajstić information content (AvgIpc) is 2.43. The summed E-state index contributed by atoms with van der Waals surface area (Å²) in [6.07, 6.45) is 1.49. The van der Waals surface area contributed by atoms with Crippen LogP contribution in [0.2, 0.25) is 0 Å². The number of rotatable bonds is 1. The number of aromatic carboxylic acids is 1. The molecule has 2 rings (SSSR count). The number of nitrogens with zero attached hydrogens (tertiary/aromatic N) is 2. The molecular formula is C9H9N3O2. The normalized spacial score (nSPS) is 10.7. The van der Waals surface area contributed by atoms with Crippen LogP contribution in [0.15, 0.2) is 6.20 Å². The van der Waals surface area contributed by atoms with E-state index >= 15 is 0 Å². The maximum atomic E-state index is 10.6. The second kappa shape index (κ2) is 2.80. The molecule has 0 bridgehead atoms. The topological polar surface area (TPSA) is 78.9 Å². The molecule has 0 amide bonds. The molecule has 0 saturated carbocycles. The van der Waals surface area contributed by atoms with E-state index in [-0.39, 0.29) is 5.82 Å². The number of hydrogen-bond acceptors (Lipinski definition) is 3. The van der Waals surface area contributed by atoms with Gasteiger partial charge in [-0.2, -0.15) is 0 Å². The number of carbonyl (C=O) groups is 1. The number of fused-ring (bicyclic) bond motifs is 1. The van der Waals surface area contributed by atoms with Crippen LogP contribution in [0.1, 0.15) is 21.9 Å². The van der Waals surface area contributed by atoms with Gasteiger partial charge in [0.15, 0.2) is 0 Å². The van der Waals surface area contributed by atoms with Crippen molar-refractivity contribution in [2.24, 2.45) is 0 Å². The van der Waals surface area contributed by atoms with Gasteiger partial charge in [0.25, 0.3) is 0 Å². The van der Waals surface area contributed by atoms with Gasteiger partial charge in [0.1, 0.15) is 0 Å². The molecule has 5 heteroatoms. The van der Waals surface area contributed by atoms with Crippen molar-refractivity contribution in [1.29, 1.82) is 0 Å². The average molecular weight is 191 g/mol. The van der Waals surface area contributed by atoms with E-state index < -0.39 is 5.97 Å². The Labute approximate surface area is 79.8 Å². The number of nitrogens with one attached hydrogen (secondary N) is 1. The lowest BCUT2D eigenvalue weighted by molar-refractivity contribution is 0.0684. The molecule has 0 aromatic carbocycles. The van der Waals surface area contributed by atoms with Crippen molar-refractivity contribution in [3.63, 3.8) is 0 Å². The fraction of sp³-hybridized carbons (Fsp3) is 0.222. The van der Waals surface area contributed by atoms with E-state index in [4.69, 9.17) is 5.11 Å². The van der Waals surface area contributed by atoms with Crippen LogP contribution in [-0.4, -0.2) is 26.0 Å². The molecule has 0 fully saturated rings. The molecule has 5 nitrogen and oxygen atoms in total. The standard InChI is InChI=1S/C9H9N3O2/c1-4-5(2)11-6-3-10-8(9(13)14)12-7(4)6/h3,11H,1-2H3,(H,13,14). The lowest BCUT2D eigenvalue weighted by Crippen LogP contribution is -2.03. The van der Waals surface area contributed by atoms with Crippen LogP contribution >= 0.6 is 0 Å². The second-order valence-electron chi connectivity index (χ2n) is 3.14. The van der Waals surface area contributed by atoms with Gasteiger partial charge in [-0.25, -0.2) is 14.8 Å². The van der Waals surface area contributed by atoms with Crippen LogP contribution in [0, 0.1) is 13.8 Å². The summed E-state index contributed by atoms with van der Waals surface area (Å²) >= 11 is 0. The maximum Gasteiger partial charge on any atom is 0.373 e. The molecule has 0 radical (unpaired) electrons. The van der Waals surface area contributed by atoms with Crippen LogP contribution in [0.3, 0.4) is 0 Å². The molecule has 0 aliphatic rings. The molecular weight excluding hydrogens is 182 g/mol. The number of H-pyrrole nitrogens is 1. The van der Waals surface area contributed by atoms with Gasteiger partial charge in [0.2, 0.25) is 5.82 Å². The largest absolute Gasteiger partial charge is 0.475 e. The number of aromatic amines is 1. The lowest BCUT2D eigenvalue weighted by atomic mass is 10.2. The zero-order valence-electron chi connectivity index (χ0n) is 7.83. The smallest absolute Gasteiger partial charge is 0.373 e. The molecule has 2 aromatic rings. The molecule has 0 unspecified atom stereocenters. The molecule has 72 valence electrons. The quantitative estimate of drug-likeness (QED) is 0.711. The number of aromatic nitrogens is 3. The molecule has 0 aliphatic carbocycles. The molecule has 0 aliphatic heterocycles. The van der Waals surface area contributed by atoms with Crippen LogP contribution in [-0.2, 0) is 0 Å². The minimum Gasteiger partial charge on any atom is -0.475 e. The van der Waals surface area contributed by atoms with Crippen LogP contribution in [0.5, 0.6) is 0 Å². The first kappa shape index (κ1) is 8.68. The van der Waals surface area contributed by atoms with Gasteiger partial charge in [0.05, 0.1) is 17.2 Å². The van der Waals surface area contributed by atoms with E-state index in [1.807, 2.05) is 13.8 Å². The van der Waals surface area contributed by atoms with E-state index in [0.717, 1.165) is 16.8 Å². The van der Waals surface area contributed by atoms with E-state index in [1.54, 1.807) is 0 Å². The van der Waals surface area contributed by atoms with Gasteiger partial charge in [-0.3, -0.25) is 0 Å². The maximum absolute atomic E-state index is 10.6. The number of carboxylic acids is 1. The second-order valence-corrected chi connectivity index (χ2v) is 3.14. The third kappa shape index (κ3) is 1.14.